The molecule has 0 unspecified atom stereocenters. The Bertz CT molecular complexity index is 1070. The number of rotatable bonds is 9. The third-order valence-corrected chi connectivity index (χ3v) is 10.5. The number of aldehydes is 1. The highest BCUT2D eigenvalue weighted by Gasteiger charge is 2.66. The highest BCUT2D eigenvalue weighted by molar-refractivity contribution is 8.03. The number of methoxy groups -OCH3 is 1. The molecule has 0 aromatic heterocycles. The molecule has 3 heterocycles. The molecule has 1 N–H and O–H groups in total. The first kappa shape index (κ1) is 24.0. The van der Waals surface area contributed by atoms with E-state index in [1.807, 2.05) is 41.5 Å². The van der Waals surface area contributed by atoms with Crippen molar-refractivity contribution < 1.29 is 23.2 Å². The van der Waals surface area contributed by atoms with Gasteiger partial charge in [-0.1, -0.05) is 41.5 Å². The number of nitrogens with zero attached hydrogens (tertiary/aromatic N) is 2. The van der Waals surface area contributed by atoms with Crippen molar-refractivity contribution >= 4 is 29.9 Å². The number of likely N-dealkylation sites (N-methyl/N-ethyl adjacent to an activating group) is 1. The lowest BCUT2D eigenvalue weighted by molar-refractivity contribution is -0.184. The Labute approximate surface area is 220 Å². The lowest BCUT2D eigenvalue weighted by Crippen LogP contribution is -2.69. The van der Waals surface area contributed by atoms with Gasteiger partial charge in [-0.05, 0) is 32.6 Å². The minimum atomic E-state index is -2.12. The van der Waals surface area contributed by atoms with Crippen molar-refractivity contribution in [2.45, 2.75) is 84.7 Å². The number of thioether (sulfide) groups is 1. The van der Waals surface area contributed by atoms with Gasteiger partial charge in [0.15, 0.2) is 6.29 Å². The highest BCUT2D eigenvalue weighted by atomic mass is 32.2. The molecule has 35 heavy (non-hydrogen) atoms. The number of ether oxygens (including phenoxy) is 1. The SMILES string of the molecule is [2H][C@]1([C@](C)(OC)C(C)C)C(=O)N2C(C=O)=C(S[C@@H]3CN[C@](C)(C(=O)N(C)CC)C3(C)C)[C@]([2H])(C(C)C)[C@@]21[2H]. The van der Waals surface area contributed by atoms with E-state index in [0.29, 0.717) is 24.3 Å². The average molecular weight is 511 g/mol. The predicted octanol–water partition coefficient (Wildman–Crippen LogP) is 3.54. The van der Waals surface area contributed by atoms with Gasteiger partial charge in [-0.3, -0.25) is 14.4 Å². The van der Waals surface area contributed by atoms with Gasteiger partial charge in [0.2, 0.25) is 11.8 Å². The van der Waals surface area contributed by atoms with E-state index in [2.05, 4.69) is 5.32 Å². The lowest BCUT2D eigenvalue weighted by Gasteiger charge is -2.54. The Hall–Kier alpha value is -1.38. The monoisotopic (exact) mass is 510 g/mol. The van der Waals surface area contributed by atoms with Crippen LogP contribution in [-0.4, -0.2) is 77.6 Å². The number of carbonyl (C=O) groups excluding carboxylic acids is 3. The summed E-state index contributed by atoms with van der Waals surface area (Å²) in [4.78, 5) is 42.8. The van der Waals surface area contributed by atoms with Crippen LogP contribution >= 0.6 is 11.8 Å². The number of carbonyl (C=O) groups is 3. The molecule has 3 rings (SSSR count). The molecule has 0 aliphatic carbocycles. The van der Waals surface area contributed by atoms with Crippen molar-refractivity contribution in [1.82, 2.24) is 15.1 Å². The summed E-state index contributed by atoms with van der Waals surface area (Å²) in [5, 5.41) is 3.16. The van der Waals surface area contributed by atoms with E-state index < -0.39 is 46.2 Å². The topological polar surface area (TPSA) is 79.0 Å². The molecule has 0 bridgehead atoms. The molecule has 0 saturated carbocycles. The maximum atomic E-state index is 13.8. The van der Waals surface area contributed by atoms with Crippen LogP contribution in [0.25, 0.3) is 0 Å². The van der Waals surface area contributed by atoms with E-state index in [4.69, 9.17) is 4.74 Å². The second-order valence-corrected chi connectivity index (χ2v) is 12.6. The summed E-state index contributed by atoms with van der Waals surface area (Å²) < 4.78 is 34.8. The van der Waals surface area contributed by atoms with E-state index in [1.165, 1.54) is 18.9 Å². The molecule has 8 heteroatoms. The minimum Gasteiger partial charge on any atom is -0.377 e. The first-order valence-corrected chi connectivity index (χ1v) is 13.4. The number of β-lactam (4-membered cyclic amide) rings is 1. The lowest BCUT2D eigenvalue weighted by atomic mass is 9.66. The molecule has 3 aliphatic rings. The van der Waals surface area contributed by atoms with Gasteiger partial charge in [-0.25, -0.2) is 0 Å². The molecule has 0 spiro atoms. The van der Waals surface area contributed by atoms with Crippen molar-refractivity contribution in [2.75, 3.05) is 27.2 Å². The summed E-state index contributed by atoms with van der Waals surface area (Å²) in [6.07, 6.45) is 0.548. The molecular formula is C27H45N3O4S. The standard InChI is InChI=1S/C27H45N3O4S/c1-12-29(10)24(33)27(9)25(6,7)18(13-28-27)35-22-17(14-31)30-21(19(22)15(2)3)20(23(30)32)26(8,34-11)16(4)5/h14-16,18-21,28H,12-13H2,1-11H3/t18-,19-,20-,21-,26-,27-/m1/s1/i19D,20D,21D. The highest BCUT2D eigenvalue weighted by Crippen LogP contribution is 2.58. The summed E-state index contributed by atoms with van der Waals surface area (Å²) in [6, 6.07) is -2.09. The quantitative estimate of drug-likeness (QED) is 0.378. The summed E-state index contributed by atoms with van der Waals surface area (Å²) in [6.45, 7) is 17.7. The Balaban J connectivity index is 2.17. The van der Waals surface area contributed by atoms with Gasteiger partial charge in [0.05, 0.1) is 24.6 Å². The van der Waals surface area contributed by atoms with Crippen LogP contribution in [0.4, 0.5) is 0 Å². The van der Waals surface area contributed by atoms with E-state index in [0.717, 1.165) is 4.90 Å². The molecule has 0 aromatic rings. The van der Waals surface area contributed by atoms with Crippen LogP contribution in [0.3, 0.4) is 0 Å². The smallest absolute Gasteiger partial charge is 0.242 e. The van der Waals surface area contributed by atoms with Crippen molar-refractivity contribution in [3.63, 3.8) is 0 Å². The Morgan fingerprint density at radius 1 is 1.37 bits per heavy atom. The van der Waals surface area contributed by atoms with E-state index in [9.17, 15) is 18.5 Å². The van der Waals surface area contributed by atoms with Crippen molar-refractivity contribution in [3.8, 4) is 0 Å². The van der Waals surface area contributed by atoms with E-state index in [1.54, 1.807) is 32.7 Å². The zero-order valence-corrected chi connectivity index (χ0v) is 24.0. The number of hydrogen-bond acceptors (Lipinski definition) is 6. The molecule has 198 valence electrons. The fourth-order valence-electron chi connectivity index (χ4n) is 5.35. The number of fused-ring (bicyclic) bond motifs is 1. The molecule has 2 fully saturated rings. The normalized spacial score (nSPS) is 41.3. The minimum absolute atomic E-state index is 0.0230. The zero-order valence-electron chi connectivity index (χ0n) is 26.2. The second-order valence-electron chi connectivity index (χ2n) is 11.4. The molecule has 6 atom stereocenters. The van der Waals surface area contributed by atoms with Gasteiger partial charge >= 0.3 is 0 Å². The van der Waals surface area contributed by atoms with Gasteiger partial charge < -0.3 is 19.9 Å². The maximum absolute atomic E-state index is 13.8. The molecule has 0 aromatic carbocycles. The summed E-state index contributed by atoms with van der Waals surface area (Å²) in [5.41, 5.74) is -2.89. The Morgan fingerprint density at radius 2 is 1.97 bits per heavy atom. The summed E-state index contributed by atoms with van der Waals surface area (Å²) >= 11 is 1.29. The van der Waals surface area contributed by atoms with E-state index >= 15 is 0 Å². The van der Waals surface area contributed by atoms with Crippen molar-refractivity contribution in [2.24, 2.45) is 29.0 Å². The first-order valence-electron chi connectivity index (χ1n) is 14.0. The maximum Gasteiger partial charge on any atom is 0.242 e. The van der Waals surface area contributed by atoms with Gasteiger partial charge in [-0.2, -0.15) is 0 Å². The largest absolute Gasteiger partial charge is 0.377 e. The predicted molar refractivity (Wildman–Crippen MR) is 141 cm³/mol. The van der Waals surface area contributed by atoms with Crippen LogP contribution in [0, 0.1) is 29.0 Å². The molecule has 7 nitrogen and oxygen atoms in total. The summed E-state index contributed by atoms with van der Waals surface area (Å²) in [5.74, 6) is -5.47. The van der Waals surface area contributed by atoms with Crippen LogP contribution in [0.2, 0.25) is 0 Å². The molecule has 2 amide bonds. The third kappa shape index (κ3) is 3.89. The van der Waals surface area contributed by atoms with Crippen LogP contribution in [0.5, 0.6) is 0 Å². The average Bonchev–Trinajstić information content (AvgIpc) is 3.21. The summed E-state index contributed by atoms with van der Waals surface area (Å²) in [7, 11) is 3.19. The second kappa shape index (κ2) is 9.49. The van der Waals surface area contributed by atoms with Crippen molar-refractivity contribution in [1.29, 1.82) is 0 Å². The van der Waals surface area contributed by atoms with Crippen molar-refractivity contribution in [3.05, 3.63) is 10.6 Å². The number of hydrogen-bond donors (Lipinski definition) is 1. The number of nitrogens with one attached hydrogen (secondary N) is 1. The number of allylic oxidation sites excluding steroid dienone is 1. The molecule has 2 saturated heterocycles. The molecule has 0 radical (unpaired) electrons. The van der Waals surface area contributed by atoms with Gasteiger partial charge in [0, 0.05) is 51.5 Å². The Kier molecular flexibility index (Phi) is 6.50. The van der Waals surface area contributed by atoms with E-state index in [-0.39, 0.29) is 22.8 Å². The van der Waals surface area contributed by atoms with Crippen LogP contribution < -0.4 is 5.32 Å². The molecular weight excluding hydrogens is 462 g/mol. The van der Waals surface area contributed by atoms with Crippen LogP contribution in [-0.2, 0) is 19.1 Å². The van der Waals surface area contributed by atoms with Gasteiger partial charge in [0.25, 0.3) is 0 Å². The fraction of sp³-hybridized carbons (Fsp3) is 0.815. The fourth-order valence-corrected chi connectivity index (χ4v) is 7.06. The molecule has 3 aliphatic heterocycles. The van der Waals surface area contributed by atoms with Crippen LogP contribution in [0.1, 0.15) is 66.4 Å². The van der Waals surface area contributed by atoms with Crippen LogP contribution in [0.15, 0.2) is 10.6 Å². The zero-order chi connectivity index (χ0) is 29.4. The third-order valence-electron chi connectivity index (χ3n) is 8.81. The Morgan fingerprint density at radius 3 is 2.43 bits per heavy atom. The first-order chi connectivity index (χ1) is 17.3. The van der Waals surface area contributed by atoms with Gasteiger partial charge in [-0.15, -0.1) is 11.8 Å². The van der Waals surface area contributed by atoms with Gasteiger partial charge in [0.1, 0.15) is 5.54 Å². The number of amides is 2.